The Labute approximate surface area is 156 Å². The Kier molecular flexibility index (Phi) is 6.24. The Hall–Kier alpha value is -3.05. The minimum absolute atomic E-state index is 0.335. The average Bonchev–Trinajstić information content (AvgIpc) is 2.68. The molecule has 0 amide bonds. The lowest BCUT2D eigenvalue weighted by Gasteiger charge is -2.11. The number of hydrogen-bond acceptors (Lipinski definition) is 2. The summed E-state index contributed by atoms with van der Waals surface area (Å²) in [5.74, 6) is -22.5. The van der Waals surface area contributed by atoms with Crippen molar-refractivity contribution < 1.29 is 43.9 Å². The lowest BCUT2D eigenvalue weighted by molar-refractivity contribution is 0.381. The summed E-state index contributed by atoms with van der Waals surface area (Å²) in [6.07, 6.45) is 0.802. The van der Waals surface area contributed by atoms with Gasteiger partial charge < -0.3 is 5.32 Å². The summed E-state index contributed by atoms with van der Waals surface area (Å²) in [5.41, 5.74) is -3.71. The van der Waals surface area contributed by atoms with Crippen molar-refractivity contribution in [3.8, 4) is 0 Å². The van der Waals surface area contributed by atoms with E-state index in [1.807, 2.05) is 5.32 Å². The predicted molar refractivity (Wildman–Crippen MR) is 82.6 cm³/mol. The molecule has 2 nitrogen and oxygen atoms in total. The number of anilines is 1. The Morgan fingerprint density at radius 2 is 0.931 bits per heavy atom. The van der Waals surface area contributed by atoms with Crippen molar-refractivity contribution in [2.24, 2.45) is 4.99 Å². The summed E-state index contributed by atoms with van der Waals surface area (Å²) in [5, 5.41) is 1.85. The maximum Gasteiger partial charge on any atom is 0.200 e. The van der Waals surface area contributed by atoms with Gasteiger partial charge in [0.2, 0.25) is 11.6 Å². The molecule has 0 unspecified atom stereocenters. The van der Waals surface area contributed by atoms with Gasteiger partial charge in [0, 0.05) is 11.4 Å². The molecule has 0 spiro atoms. The van der Waals surface area contributed by atoms with Gasteiger partial charge in [-0.1, -0.05) is 0 Å². The van der Waals surface area contributed by atoms with Crippen LogP contribution in [0.4, 0.5) is 55.3 Å². The van der Waals surface area contributed by atoms with E-state index in [-0.39, 0.29) is 5.70 Å². The summed E-state index contributed by atoms with van der Waals surface area (Å²) >= 11 is 0. The molecule has 0 radical (unpaired) electrons. The molecule has 2 aromatic carbocycles. The van der Waals surface area contributed by atoms with Gasteiger partial charge in [0.1, 0.15) is 11.4 Å². The SMILES string of the molecule is CC(/C=C(\C)Nc1c(F)c(F)c(F)c(F)c1F)=Nc1c(F)c(F)c(F)c(F)c1F. The van der Waals surface area contributed by atoms with E-state index < -0.39 is 75.3 Å². The summed E-state index contributed by atoms with van der Waals surface area (Å²) in [6.45, 7) is 2.07. The van der Waals surface area contributed by atoms with E-state index >= 15 is 0 Å². The first-order chi connectivity index (χ1) is 13.4. The number of aliphatic imine (C=N–C) groups is 1. The molecule has 2 aromatic rings. The Balaban J connectivity index is 2.45. The molecular formula is C17H8F10N2. The molecule has 156 valence electrons. The van der Waals surface area contributed by atoms with Crippen molar-refractivity contribution in [2.45, 2.75) is 13.8 Å². The van der Waals surface area contributed by atoms with Gasteiger partial charge in [0.15, 0.2) is 46.5 Å². The van der Waals surface area contributed by atoms with Crippen LogP contribution in [0.2, 0.25) is 0 Å². The summed E-state index contributed by atoms with van der Waals surface area (Å²) in [4.78, 5) is 3.20. The van der Waals surface area contributed by atoms with Crippen molar-refractivity contribution in [2.75, 3.05) is 5.32 Å². The fraction of sp³-hybridized carbons (Fsp3) is 0.118. The van der Waals surface area contributed by atoms with Gasteiger partial charge in [-0.2, -0.15) is 0 Å². The summed E-state index contributed by atoms with van der Waals surface area (Å²) in [7, 11) is 0. The van der Waals surface area contributed by atoms with Gasteiger partial charge in [-0.3, -0.25) is 0 Å². The smallest absolute Gasteiger partial charge is 0.200 e. The second-order valence-corrected chi connectivity index (χ2v) is 5.57. The van der Waals surface area contributed by atoms with E-state index in [9.17, 15) is 43.9 Å². The minimum atomic E-state index is -2.39. The molecule has 29 heavy (non-hydrogen) atoms. The van der Waals surface area contributed by atoms with Crippen molar-refractivity contribution in [3.05, 3.63) is 69.9 Å². The normalized spacial score (nSPS) is 12.6. The molecule has 0 fully saturated rings. The highest BCUT2D eigenvalue weighted by Crippen LogP contribution is 2.30. The number of halogens is 10. The van der Waals surface area contributed by atoms with Crippen LogP contribution in [0.1, 0.15) is 13.8 Å². The highest BCUT2D eigenvalue weighted by Gasteiger charge is 2.27. The zero-order chi connectivity index (χ0) is 22.2. The number of allylic oxidation sites excluding steroid dienone is 2. The molecular weight excluding hydrogens is 422 g/mol. The first-order valence-electron chi connectivity index (χ1n) is 7.41. The van der Waals surface area contributed by atoms with Crippen LogP contribution in [0.3, 0.4) is 0 Å². The van der Waals surface area contributed by atoms with E-state index in [0.717, 1.165) is 19.9 Å². The van der Waals surface area contributed by atoms with Gasteiger partial charge in [-0.25, -0.2) is 48.9 Å². The quantitative estimate of drug-likeness (QED) is 0.266. The van der Waals surface area contributed by atoms with E-state index in [2.05, 4.69) is 4.99 Å². The van der Waals surface area contributed by atoms with Crippen LogP contribution in [0.15, 0.2) is 16.8 Å². The topological polar surface area (TPSA) is 24.4 Å². The van der Waals surface area contributed by atoms with Crippen LogP contribution in [0, 0.1) is 58.2 Å². The van der Waals surface area contributed by atoms with Crippen LogP contribution in [-0.4, -0.2) is 5.71 Å². The van der Waals surface area contributed by atoms with Crippen molar-refractivity contribution in [3.63, 3.8) is 0 Å². The van der Waals surface area contributed by atoms with Crippen LogP contribution in [-0.2, 0) is 0 Å². The van der Waals surface area contributed by atoms with Gasteiger partial charge in [0.05, 0.1) is 0 Å². The minimum Gasteiger partial charge on any atom is -0.354 e. The number of nitrogens with zero attached hydrogens (tertiary/aromatic N) is 1. The van der Waals surface area contributed by atoms with E-state index in [4.69, 9.17) is 0 Å². The largest absolute Gasteiger partial charge is 0.354 e. The first kappa shape index (κ1) is 22.2. The standard InChI is InChI=1S/C17H8F10N2/c1-4(28-16-12(24)8(20)6(18)9(21)13(16)25)3-5(2)29-17-14(26)10(22)7(19)11(23)15(17)27/h3,28H,1-2H3/b4-3+,29-5?. The average molecular weight is 430 g/mol. The Bertz CT molecular complexity index is 1000. The lowest BCUT2D eigenvalue weighted by Crippen LogP contribution is -2.09. The van der Waals surface area contributed by atoms with Crippen LogP contribution in [0.5, 0.6) is 0 Å². The fourth-order valence-corrected chi connectivity index (χ4v) is 2.16. The molecule has 0 bridgehead atoms. The van der Waals surface area contributed by atoms with Crippen molar-refractivity contribution >= 4 is 17.1 Å². The zero-order valence-electron chi connectivity index (χ0n) is 14.3. The van der Waals surface area contributed by atoms with E-state index in [1.54, 1.807) is 0 Å². The second-order valence-electron chi connectivity index (χ2n) is 5.57. The van der Waals surface area contributed by atoms with E-state index in [0.29, 0.717) is 0 Å². The third-order valence-electron chi connectivity index (χ3n) is 3.43. The van der Waals surface area contributed by atoms with Gasteiger partial charge >= 0.3 is 0 Å². The van der Waals surface area contributed by atoms with Crippen LogP contribution < -0.4 is 5.32 Å². The fourth-order valence-electron chi connectivity index (χ4n) is 2.16. The van der Waals surface area contributed by atoms with Gasteiger partial charge in [-0.05, 0) is 19.9 Å². The maximum atomic E-state index is 13.6. The van der Waals surface area contributed by atoms with Crippen LogP contribution in [0.25, 0.3) is 0 Å². The number of hydrogen-bond donors (Lipinski definition) is 1. The number of benzene rings is 2. The molecule has 0 atom stereocenters. The summed E-state index contributed by atoms with van der Waals surface area (Å²) in [6, 6.07) is 0. The van der Waals surface area contributed by atoms with E-state index in [1.165, 1.54) is 0 Å². The molecule has 2 rings (SSSR count). The second kappa shape index (κ2) is 8.13. The van der Waals surface area contributed by atoms with Gasteiger partial charge in [-0.15, -0.1) is 0 Å². The maximum absolute atomic E-state index is 13.6. The van der Waals surface area contributed by atoms with Crippen molar-refractivity contribution in [1.82, 2.24) is 0 Å². The van der Waals surface area contributed by atoms with Crippen molar-refractivity contribution in [1.29, 1.82) is 0 Å². The summed E-state index contributed by atoms with van der Waals surface area (Å²) < 4.78 is 133. The molecule has 1 N–H and O–H groups in total. The number of nitrogens with one attached hydrogen (secondary N) is 1. The highest BCUT2D eigenvalue weighted by atomic mass is 19.2. The zero-order valence-corrected chi connectivity index (χ0v) is 14.3. The highest BCUT2D eigenvalue weighted by molar-refractivity contribution is 5.95. The predicted octanol–water partition coefficient (Wildman–Crippen LogP) is 6.19. The third kappa shape index (κ3) is 4.05. The molecule has 0 aromatic heterocycles. The van der Waals surface area contributed by atoms with Crippen LogP contribution >= 0.6 is 0 Å². The molecule has 12 heteroatoms. The molecule has 0 heterocycles. The Morgan fingerprint density at radius 3 is 1.34 bits per heavy atom. The molecule has 0 saturated heterocycles. The monoisotopic (exact) mass is 430 g/mol. The molecule has 0 aliphatic carbocycles. The molecule has 0 aliphatic rings. The molecule has 0 saturated carbocycles. The third-order valence-corrected chi connectivity index (χ3v) is 3.43. The number of rotatable bonds is 4. The first-order valence-corrected chi connectivity index (χ1v) is 7.41. The Morgan fingerprint density at radius 1 is 0.586 bits per heavy atom. The lowest BCUT2D eigenvalue weighted by atomic mass is 10.2. The molecule has 0 aliphatic heterocycles. The van der Waals surface area contributed by atoms with Gasteiger partial charge in [0.25, 0.3) is 0 Å².